The second-order valence-corrected chi connectivity index (χ2v) is 8.98. The highest BCUT2D eigenvalue weighted by molar-refractivity contribution is 6.33. The first-order valence-electron chi connectivity index (χ1n) is 12.6. The highest BCUT2D eigenvalue weighted by Crippen LogP contribution is 2.41. The minimum Gasteiger partial charge on any atom is -0.465 e. The zero-order chi connectivity index (χ0) is 30.9. The van der Waals surface area contributed by atoms with Crippen LogP contribution in [-0.2, 0) is 10.9 Å². The van der Waals surface area contributed by atoms with Crippen molar-refractivity contribution in [1.29, 1.82) is 5.41 Å². The lowest BCUT2D eigenvalue weighted by Gasteiger charge is -2.15. The number of methoxy groups -OCH3 is 1. The molecule has 1 heterocycles. The number of aldehydes is 1. The molecular formula is C29H30ClF4N3O4. The van der Waals surface area contributed by atoms with Crippen molar-refractivity contribution in [3.63, 3.8) is 0 Å². The summed E-state index contributed by atoms with van der Waals surface area (Å²) >= 11 is 5.40. The van der Waals surface area contributed by atoms with Crippen LogP contribution in [0.25, 0.3) is 0 Å². The van der Waals surface area contributed by atoms with Crippen LogP contribution in [-0.4, -0.2) is 42.2 Å². The molecule has 0 radical (unpaired) electrons. The monoisotopic (exact) mass is 595 g/mol. The summed E-state index contributed by atoms with van der Waals surface area (Å²) < 4.78 is 55.6. The molecular weight excluding hydrogens is 566 g/mol. The number of esters is 1. The zero-order valence-corrected chi connectivity index (χ0v) is 23.5. The van der Waals surface area contributed by atoms with E-state index in [4.69, 9.17) is 17.0 Å². The molecule has 1 atom stereocenters. The van der Waals surface area contributed by atoms with Gasteiger partial charge in [0.1, 0.15) is 11.5 Å². The van der Waals surface area contributed by atoms with Crippen molar-refractivity contribution < 1.29 is 37.0 Å². The maximum absolute atomic E-state index is 14.4. The van der Waals surface area contributed by atoms with Gasteiger partial charge >= 0.3 is 12.1 Å². The van der Waals surface area contributed by atoms with Gasteiger partial charge in [0.2, 0.25) is 0 Å². The van der Waals surface area contributed by atoms with E-state index >= 15 is 0 Å². The van der Waals surface area contributed by atoms with Gasteiger partial charge in [0, 0.05) is 29.9 Å². The topological polar surface area (TPSA) is 112 Å². The molecule has 12 heteroatoms. The Hall–Kier alpha value is -3.83. The molecule has 0 bridgehead atoms. The Bertz CT molecular complexity index is 1390. The van der Waals surface area contributed by atoms with Crippen LogP contribution >= 0.6 is 11.6 Å². The van der Waals surface area contributed by atoms with Crippen LogP contribution in [0.4, 0.5) is 23.2 Å². The maximum atomic E-state index is 14.4. The summed E-state index contributed by atoms with van der Waals surface area (Å²) in [5, 5.41) is 21.3. The van der Waals surface area contributed by atoms with Crippen LogP contribution in [0.2, 0.25) is 5.02 Å². The van der Waals surface area contributed by atoms with Crippen molar-refractivity contribution in [1.82, 2.24) is 4.98 Å². The number of benzene rings is 2. The molecule has 3 N–H and O–H groups in total. The molecule has 0 spiro atoms. The number of halogens is 5. The molecule has 1 fully saturated rings. The quantitative estimate of drug-likeness (QED) is 0.116. The Kier molecular flexibility index (Phi) is 12.0. The summed E-state index contributed by atoms with van der Waals surface area (Å²) in [5.41, 5.74) is -0.0617. The Morgan fingerprint density at radius 3 is 2.37 bits per heavy atom. The van der Waals surface area contributed by atoms with Gasteiger partial charge in [-0.05, 0) is 55.2 Å². The average Bonchev–Trinajstić information content (AvgIpc) is 3.82. The Morgan fingerprint density at radius 1 is 1.22 bits per heavy atom. The van der Waals surface area contributed by atoms with Gasteiger partial charge in [0.15, 0.2) is 6.29 Å². The number of aliphatic hydroxyl groups excluding tert-OH is 1. The number of nitrogens with zero attached hydrogens (tertiary/aromatic N) is 1. The fraction of sp³-hybridized carbons (Fsp3) is 0.310. The molecule has 3 aromatic rings. The van der Waals surface area contributed by atoms with E-state index < -0.39 is 35.2 Å². The molecule has 1 aromatic heterocycles. The highest BCUT2D eigenvalue weighted by atomic mass is 35.5. The van der Waals surface area contributed by atoms with Gasteiger partial charge in [-0.15, -0.1) is 0 Å². The van der Waals surface area contributed by atoms with E-state index in [9.17, 15) is 32.3 Å². The number of hydrogen-bond donors (Lipinski definition) is 3. The molecule has 4 rings (SSSR count). The lowest BCUT2D eigenvalue weighted by atomic mass is 10.0. The van der Waals surface area contributed by atoms with E-state index in [2.05, 4.69) is 15.0 Å². The summed E-state index contributed by atoms with van der Waals surface area (Å²) in [6, 6.07) is 8.75. The molecule has 2 aromatic carbocycles. The fourth-order valence-corrected chi connectivity index (χ4v) is 3.93. The Morgan fingerprint density at radius 2 is 1.88 bits per heavy atom. The molecule has 7 nitrogen and oxygen atoms in total. The van der Waals surface area contributed by atoms with Gasteiger partial charge in [-0.1, -0.05) is 31.5 Å². The summed E-state index contributed by atoms with van der Waals surface area (Å²) in [7, 11) is 2.90. The first-order chi connectivity index (χ1) is 19.4. The van der Waals surface area contributed by atoms with E-state index in [1.54, 1.807) is 13.1 Å². The zero-order valence-electron chi connectivity index (χ0n) is 22.8. The summed E-state index contributed by atoms with van der Waals surface area (Å²) in [6.07, 6.45) is -1.51. The number of carbonyl (C=O) groups excluding carboxylic acids is 2. The van der Waals surface area contributed by atoms with Crippen LogP contribution in [0.1, 0.15) is 75.9 Å². The predicted octanol–water partition coefficient (Wildman–Crippen LogP) is 7.11. The fourth-order valence-electron chi connectivity index (χ4n) is 3.71. The van der Waals surface area contributed by atoms with E-state index in [-0.39, 0.29) is 39.8 Å². The number of anilines is 1. The van der Waals surface area contributed by atoms with Crippen LogP contribution in [0.5, 0.6) is 0 Å². The summed E-state index contributed by atoms with van der Waals surface area (Å²) in [6.45, 7) is 4.00. The van der Waals surface area contributed by atoms with Crippen LogP contribution in [0.3, 0.4) is 0 Å². The van der Waals surface area contributed by atoms with Crippen LogP contribution in [0, 0.1) is 17.1 Å². The van der Waals surface area contributed by atoms with E-state index in [0.29, 0.717) is 11.3 Å². The number of pyridine rings is 1. The first kappa shape index (κ1) is 33.4. The van der Waals surface area contributed by atoms with E-state index in [1.165, 1.54) is 31.5 Å². The molecule has 41 heavy (non-hydrogen) atoms. The van der Waals surface area contributed by atoms with E-state index in [0.717, 1.165) is 31.0 Å². The van der Waals surface area contributed by atoms with Crippen molar-refractivity contribution in [2.75, 3.05) is 19.5 Å². The average molecular weight is 596 g/mol. The molecule has 220 valence electrons. The van der Waals surface area contributed by atoms with E-state index in [1.807, 2.05) is 13.8 Å². The molecule has 1 saturated carbocycles. The molecule has 1 aliphatic rings. The number of hydrogen-bond acceptors (Lipinski definition) is 7. The highest BCUT2D eigenvalue weighted by Gasteiger charge is 2.34. The summed E-state index contributed by atoms with van der Waals surface area (Å²) in [5.74, 6) is -1.09. The lowest BCUT2D eigenvalue weighted by molar-refractivity contribution is -0.137. The third-order valence-corrected chi connectivity index (χ3v) is 6.29. The third kappa shape index (κ3) is 8.34. The van der Waals surface area contributed by atoms with Crippen molar-refractivity contribution >= 4 is 35.3 Å². The lowest BCUT2D eigenvalue weighted by Crippen LogP contribution is -2.13. The van der Waals surface area contributed by atoms with Gasteiger partial charge in [0.25, 0.3) is 0 Å². The van der Waals surface area contributed by atoms with Gasteiger partial charge in [-0.3, -0.25) is 15.2 Å². The van der Waals surface area contributed by atoms with Crippen molar-refractivity contribution in [3.8, 4) is 0 Å². The second kappa shape index (κ2) is 14.7. The molecule has 1 aliphatic carbocycles. The number of alkyl halides is 3. The number of ether oxygens (including phenoxy) is 1. The molecule has 0 saturated heterocycles. The molecule has 0 aliphatic heterocycles. The Labute approximate surface area is 240 Å². The number of nitrogens with one attached hydrogen (secondary N) is 2. The molecule has 1 unspecified atom stereocenters. The van der Waals surface area contributed by atoms with Gasteiger partial charge in [-0.25, -0.2) is 9.18 Å². The normalized spacial score (nSPS) is 13.0. The Balaban J connectivity index is 0.000000330. The number of rotatable bonds is 7. The number of aromatic nitrogens is 1. The minimum atomic E-state index is -4.54. The maximum Gasteiger partial charge on any atom is 0.417 e. The van der Waals surface area contributed by atoms with Gasteiger partial charge in [0.05, 0.1) is 40.8 Å². The third-order valence-electron chi connectivity index (χ3n) is 5.96. The van der Waals surface area contributed by atoms with Gasteiger partial charge in [-0.2, -0.15) is 13.2 Å². The number of carbonyl (C=O) groups is 2. The minimum absolute atomic E-state index is 0.0251. The second-order valence-electron chi connectivity index (χ2n) is 8.57. The molecule has 0 amide bonds. The SMILES string of the molecule is CC.CNc1cc(C(O)C2CC2)cnc1C(=N)c1ccc(C(=O)OC)cc1F.O=Cc1c(Cl)cccc1C(F)(F)F. The van der Waals surface area contributed by atoms with Crippen LogP contribution in [0.15, 0.2) is 48.7 Å². The first-order valence-corrected chi connectivity index (χ1v) is 12.9. The smallest absolute Gasteiger partial charge is 0.417 e. The van der Waals surface area contributed by atoms with Crippen molar-refractivity contribution in [2.45, 2.75) is 39.0 Å². The standard InChI is InChI=1S/C19H20FN3O3.C8H4ClF3O.C2H6/c1-22-15-8-12(18(24)10-3-4-10)9-23-17(15)16(21)13-6-5-11(7-14(13)20)19(25)26-2;9-7-3-1-2-6(5(7)4-13)8(10,11)12;1-2/h5-10,18,21-22,24H,3-4H2,1-2H3;1-4H;1-2H3. The van der Waals surface area contributed by atoms with Crippen molar-refractivity contribution in [3.05, 3.63) is 93.0 Å². The predicted molar refractivity (Wildman–Crippen MR) is 148 cm³/mol. The largest absolute Gasteiger partial charge is 0.465 e. The van der Waals surface area contributed by atoms with Gasteiger partial charge < -0.3 is 15.2 Å². The van der Waals surface area contributed by atoms with Crippen LogP contribution < -0.4 is 5.32 Å². The summed E-state index contributed by atoms with van der Waals surface area (Å²) in [4.78, 5) is 26.1. The van der Waals surface area contributed by atoms with Crippen molar-refractivity contribution in [2.24, 2.45) is 5.92 Å². The number of aliphatic hydroxyl groups is 1.